The number of carbonyl (C=O) groups is 1. The SMILES string of the molecule is CC(Cc1ccccc1)NCC1CCC(C(=O)O)O1. The van der Waals surface area contributed by atoms with Crippen LogP contribution in [-0.4, -0.2) is 35.9 Å². The monoisotopic (exact) mass is 263 g/mol. The number of benzene rings is 1. The summed E-state index contributed by atoms with van der Waals surface area (Å²) in [6.45, 7) is 2.86. The summed E-state index contributed by atoms with van der Waals surface area (Å²) in [5, 5.41) is 12.3. The van der Waals surface area contributed by atoms with E-state index in [9.17, 15) is 4.79 Å². The van der Waals surface area contributed by atoms with Gasteiger partial charge >= 0.3 is 5.97 Å². The fourth-order valence-electron chi connectivity index (χ4n) is 2.41. The highest BCUT2D eigenvalue weighted by atomic mass is 16.5. The van der Waals surface area contributed by atoms with Gasteiger partial charge in [-0.1, -0.05) is 30.3 Å². The van der Waals surface area contributed by atoms with Crippen LogP contribution in [0.2, 0.25) is 0 Å². The van der Waals surface area contributed by atoms with Crippen LogP contribution in [0.1, 0.15) is 25.3 Å². The molecular weight excluding hydrogens is 242 g/mol. The number of nitrogens with one attached hydrogen (secondary N) is 1. The van der Waals surface area contributed by atoms with Crippen LogP contribution in [0.3, 0.4) is 0 Å². The van der Waals surface area contributed by atoms with Crippen molar-refractivity contribution < 1.29 is 14.6 Å². The van der Waals surface area contributed by atoms with Gasteiger partial charge in [0.25, 0.3) is 0 Å². The standard InChI is InChI=1S/C15H21NO3/c1-11(9-12-5-3-2-4-6-12)16-10-13-7-8-14(19-13)15(17)18/h2-6,11,13-14,16H,7-10H2,1H3,(H,17,18). The highest BCUT2D eigenvalue weighted by molar-refractivity contribution is 5.72. The molecule has 0 amide bonds. The zero-order chi connectivity index (χ0) is 13.7. The predicted molar refractivity (Wildman–Crippen MR) is 73.1 cm³/mol. The molecule has 1 fully saturated rings. The molecule has 1 aromatic carbocycles. The van der Waals surface area contributed by atoms with Gasteiger partial charge in [-0.25, -0.2) is 4.79 Å². The second kappa shape index (κ2) is 6.68. The molecule has 0 bridgehead atoms. The van der Waals surface area contributed by atoms with Crippen molar-refractivity contribution in [3.63, 3.8) is 0 Å². The van der Waals surface area contributed by atoms with E-state index in [0.717, 1.165) is 19.4 Å². The van der Waals surface area contributed by atoms with Crippen LogP contribution in [0, 0.1) is 0 Å². The fourth-order valence-corrected chi connectivity index (χ4v) is 2.41. The van der Waals surface area contributed by atoms with E-state index in [0.29, 0.717) is 12.5 Å². The minimum atomic E-state index is -0.847. The van der Waals surface area contributed by atoms with Crippen molar-refractivity contribution in [2.24, 2.45) is 0 Å². The van der Waals surface area contributed by atoms with Gasteiger partial charge in [-0.3, -0.25) is 0 Å². The summed E-state index contributed by atoms with van der Waals surface area (Å²) in [7, 11) is 0. The van der Waals surface area contributed by atoms with E-state index in [2.05, 4.69) is 24.4 Å². The lowest BCUT2D eigenvalue weighted by Gasteiger charge is -2.17. The quantitative estimate of drug-likeness (QED) is 0.822. The molecule has 0 radical (unpaired) electrons. The normalized spacial score (nSPS) is 24.3. The van der Waals surface area contributed by atoms with E-state index in [-0.39, 0.29) is 6.10 Å². The topological polar surface area (TPSA) is 58.6 Å². The molecule has 19 heavy (non-hydrogen) atoms. The van der Waals surface area contributed by atoms with Crippen molar-refractivity contribution >= 4 is 5.97 Å². The van der Waals surface area contributed by atoms with E-state index < -0.39 is 12.1 Å². The molecule has 0 saturated carbocycles. The molecule has 0 aliphatic carbocycles. The number of aliphatic carboxylic acids is 1. The first-order chi connectivity index (χ1) is 9.15. The molecule has 3 atom stereocenters. The largest absolute Gasteiger partial charge is 0.479 e. The maximum absolute atomic E-state index is 10.8. The second-order valence-corrected chi connectivity index (χ2v) is 5.16. The van der Waals surface area contributed by atoms with Crippen molar-refractivity contribution in [2.45, 2.75) is 44.4 Å². The molecule has 0 aromatic heterocycles. The third-order valence-electron chi connectivity index (χ3n) is 3.46. The zero-order valence-corrected chi connectivity index (χ0v) is 11.2. The van der Waals surface area contributed by atoms with Crippen molar-refractivity contribution in [1.29, 1.82) is 0 Å². The predicted octanol–water partition coefficient (Wildman–Crippen LogP) is 1.84. The molecule has 1 heterocycles. The number of hydrogen-bond donors (Lipinski definition) is 2. The van der Waals surface area contributed by atoms with Crippen LogP contribution in [0.4, 0.5) is 0 Å². The van der Waals surface area contributed by atoms with E-state index >= 15 is 0 Å². The first-order valence-corrected chi connectivity index (χ1v) is 6.80. The molecule has 1 aromatic rings. The van der Waals surface area contributed by atoms with Crippen LogP contribution in [-0.2, 0) is 16.0 Å². The van der Waals surface area contributed by atoms with Crippen LogP contribution in [0.15, 0.2) is 30.3 Å². The third-order valence-corrected chi connectivity index (χ3v) is 3.46. The molecule has 4 heteroatoms. The first kappa shape index (κ1) is 14.0. The lowest BCUT2D eigenvalue weighted by molar-refractivity contribution is -0.149. The Morgan fingerprint density at radius 1 is 1.42 bits per heavy atom. The van der Waals surface area contributed by atoms with Crippen molar-refractivity contribution in [3.05, 3.63) is 35.9 Å². The van der Waals surface area contributed by atoms with Gasteiger partial charge in [0.2, 0.25) is 0 Å². The molecule has 0 spiro atoms. The Kier molecular flexibility index (Phi) is 4.93. The van der Waals surface area contributed by atoms with Gasteiger partial charge in [-0.15, -0.1) is 0 Å². The van der Waals surface area contributed by atoms with E-state index in [4.69, 9.17) is 9.84 Å². The molecule has 2 rings (SSSR count). The summed E-state index contributed by atoms with van der Waals surface area (Å²) in [5.41, 5.74) is 1.30. The highest BCUT2D eigenvalue weighted by Gasteiger charge is 2.30. The third kappa shape index (κ3) is 4.33. The molecule has 4 nitrogen and oxygen atoms in total. The van der Waals surface area contributed by atoms with Crippen LogP contribution >= 0.6 is 0 Å². The van der Waals surface area contributed by atoms with Gasteiger partial charge in [0.1, 0.15) is 0 Å². The summed E-state index contributed by atoms with van der Waals surface area (Å²) >= 11 is 0. The minimum absolute atomic E-state index is 0.0272. The Morgan fingerprint density at radius 3 is 2.79 bits per heavy atom. The summed E-state index contributed by atoms with van der Waals surface area (Å²) in [6, 6.07) is 10.7. The molecule has 1 aliphatic heterocycles. The molecule has 3 unspecified atom stereocenters. The summed E-state index contributed by atoms with van der Waals surface area (Å²) in [4.78, 5) is 10.8. The number of carboxylic acid groups (broad SMARTS) is 1. The van der Waals surface area contributed by atoms with Gasteiger partial charge in [0, 0.05) is 12.6 Å². The van der Waals surface area contributed by atoms with Gasteiger partial charge < -0.3 is 15.2 Å². The Morgan fingerprint density at radius 2 is 2.16 bits per heavy atom. The maximum Gasteiger partial charge on any atom is 0.332 e. The Balaban J connectivity index is 1.70. The van der Waals surface area contributed by atoms with E-state index in [1.165, 1.54) is 5.56 Å². The molecule has 1 saturated heterocycles. The summed E-state index contributed by atoms with van der Waals surface area (Å²) in [5.74, 6) is -0.847. The lowest BCUT2D eigenvalue weighted by atomic mass is 10.1. The number of hydrogen-bond acceptors (Lipinski definition) is 3. The van der Waals surface area contributed by atoms with Gasteiger partial charge in [0.15, 0.2) is 6.10 Å². The van der Waals surface area contributed by atoms with Crippen molar-refractivity contribution in [3.8, 4) is 0 Å². The second-order valence-electron chi connectivity index (χ2n) is 5.16. The van der Waals surface area contributed by atoms with Gasteiger partial charge in [0.05, 0.1) is 6.10 Å². The number of rotatable bonds is 6. The first-order valence-electron chi connectivity index (χ1n) is 6.80. The average Bonchev–Trinajstić information content (AvgIpc) is 2.86. The Labute approximate surface area is 113 Å². The maximum atomic E-state index is 10.8. The zero-order valence-electron chi connectivity index (χ0n) is 11.2. The Bertz CT molecular complexity index is 407. The Hall–Kier alpha value is -1.39. The summed E-state index contributed by atoms with van der Waals surface area (Å²) < 4.78 is 5.46. The van der Waals surface area contributed by atoms with E-state index in [1.54, 1.807) is 0 Å². The lowest BCUT2D eigenvalue weighted by Crippen LogP contribution is -2.35. The number of carboxylic acids is 1. The van der Waals surface area contributed by atoms with Crippen LogP contribution < -0.4 is 5.32 Å². The van der Waals surface area contributed by atoms with Crippen molar-refractivity contribution in [1.82, 2.24) is 5.32 Å². The molecule has 2 N–H and O–H groups in total. The fraction of sp³-hybridized carbons (Fsp3) is 0.533. The van der Waals surface area contributed by atoms with Gasteiger partial charge in [-0.2, -0.15) is 0 Å². The summed E-state index contributed by atoms with van der Waals surface area (Å²) in [6.07, 6.45) is 1.82. The minimum Gasteiger partial charge on any atom is -0.479 e. The number of ether oxygens (including phenoxy) is 1. The molecule has 104 valence electrons. The van der Waals surface area contributed by atoms with Gasteiger partial charge in [-0.05, 0) is 31.7 Å². The van der Waals surface area contributed by atoms with Crippen LogP contribution in [0.25, 0.3) is 0 Å². The van der Waals surface area contributed by atoms with E-state index in [1.807, 2.05) is 18.2 Å². The van der Waals surface area contributed by atoms with Crippen LogP contribution in [0.5, 0.6) is 0 Å². The molecular formula is C15H21NO3. The average molecular weight is 263 g/mol. The van der Waals surface area contributed by atoms with Crippen molar-refractivity contribution in [2.75, 3.05) is 6.54 Å². The highest BCUT2D eigenvalue weighted by Crippen LogP contribution is 2.19. The molecule has 1 aliphatic rings. The smallest absolute Gasteiger partial charge is 0.332 e.